The van der Waals surface area contributed by atoms with Crippen molar-refractivity contribution in [1.29, 1.82) is 0 Å². The summed E-state index contributed by atoms with van der Waals surface area (Å²) in [4.78, 5) is 19.8. The molecule has 0 aliphatic heterocycles. The van der Waals surface area contributed by atoms with Crippen LogP contribution in [0.15, 0.2) is 30.3 Å². The zero-order chi connectivity index (χ0) is 15.2. The number of methoxy groups -OCH3 is 1. The van der Waals surface area contributed by atoms with Crippen molar-refractivity contribution in [2.45, 2.75) is 12.8 Å². The van der Waals surface area contributed by atoms with E-state index >= 15 is 0 Å². The lowest BCUT2D eigenvalue weighted by molar-refractivity contribution is -0.116. The zero-order valence-electron chi connectivity index (χ0n) is 11.5. The van der Waals surface area contributed by atoms with Crippen LogP contribution in [-0.2, 0) is 11.2 Å². The molecule has 1 aromatic heterocycles. The van der Waals surface area contributed by atoms with Crippen LogP contribution in [0, 0.1) is 0 Å². The number of anilines is 2. The summed E-state index contributed by atoms with van der Waals surface area (Å²) >= 11 is 5.81. The Morgan fingerprint density at radius 3 is 2.86 bits per heavy atom. The van der Waals surface area contributed by atoms with E-state index in [0.29, 0.717) is 12.1 Å². The molecule has 3 N–H and O–H groups in total. The number of hydrogen-bond acceptors (Lipinski definition) is 5. The highest BCUT2D eigenvalue weighted by molar-refractivity contribution is 6.29. The van der Waals surface area contributed by atoms with E-state index in [1.165, 1.54) is 13.2 Å². The van der Waals surface area contributed by atoms with Gasteiger partial charge in [-0.2, -0.15) is 4.98 Å². The Labute approximate surface area is 127 Å². The van der Waals surface area contributed by atoms with Gasteiger partial charge < -0.3 is 10.5 Å². The lowest BCUT2D eigenvalue weighted by Gasteiger charge is -2.07. The number of carbonyl (C=O) groups is 1. The Kier molecular flexibility index (Phi) is 4.94. The van der Waals surface area contributed by atoms with E-state index in [1.54, 1.807) is 6.07 Å². The van der Waals surface area contributed by atoms with Gasteiger partial charge in [-0.1, -0.05) is 29.8 Å². The highest BCUT2D eigenvalue weighted by Gasteiger charge is 2.09. The van der Waals surface area contributed by atoms with Crippen LogP contribution in [0.3, 0.4) is 0 Å². The Morgan fingerprint density at radius 1 is 1.38 bits per heavy atom. The molecule has 0 aliphatic carbocycles. The second-order valence-electron chi connectivity index (χ2n) is 4.30. The molecule has 0 atom stereocenters. The van der Waals surface area contributed by atoms with Crippen LogP contribution >= 0.6 is 11.6 Å². The normalized spacial score (nSPS) is 10.2. The van der Waals surface area contributed by atoms with Crippen LogP contribution < -0.4 is 15.8 Å². The van der Waals surface area contributed by atoms with E-state index in [1.807, 2.05) is 18.2 Å². The number of amides is 1. The summed E-state index contributed by atoms with van der Waals surface area (Å²) in [6.07, 6.45) is 0.808. The highest BCUT2D eigenvalue weighted by atomic mass is 35.5. The Morgan fingerprint density at radius 2 is 2.14 bits per heavy atom. The lowest BCUT2D eigenvalue weighted by Crippen LogP contribution is -2.15. The Hall–Kier alpha value is -2.34. The molecule has 0 spiro atoms. The number of aromatic nitrogens is 2. The molecule has 1 aromatic carbocycles. The van der Waals surface area contributed by atoms with Crippen molar-refractivity contribution in [3.05, 3.63) is 41.0 Å². The first-order chi connectivity index (χ1) is 10.1. The number of halogens is 1. The van der Waals surface area contributed by atoms with Gasteiger partial charge in [-0.15, -0.1) is 0 Å². The van der Waals surface area contributed by atoms with Crippen molar-refractivity contribution in [3.8, 4) is 5.88 Å². The molecule has 0 bridgehead atoms. The van der Waals surface area contributed by atoms with Crippen LogP contribution in [0.4, 0.5) is 11.6 Å². The van der Waals surface area contributed by atoms with Crippen LogP contribution in [0.2, 0.25) is 5.15 Å². The largest absolute Gasteiger partial charge is 0.481 e. The number of carbonyl (C=O) groups excluding carboxylic acids is 1. The second kappa shape index (κ2) is 6.90. The SMILES string of the molecule is COc1cc(Cl)nc(NC(=O)CCc2ccccc2N)n1. The Bertz CT molecular complexity index is 649. The molecular formula is C14H15ClN4O2. The van der Waals surface area contributed by atoms with E-state index in [4.69, 9.17) is 22.1 Å². The Balaban J connectivity index is 1.96. The summed E-state index contributed by atoms with van der Waals surface area (Å²) in [5.74, 6) is 0.186. The zero-order valence-corrected chi connectivity index (χ0v) is 12.2. The minimum Gasteiger partial charge on any atom is -0.481 e. The van der Waals surface area contributed by atoms with Crippen molar-refractivity contribution in [2.24, 2.45) is 0 Å². The van der Waals surface area contributed by atoms with E-state index in [2.05, 4.69) is 15.3 Å². The number of nitrogens with zero attached hydrogens (tertiary/aromatic N) is 2. The molecule has 0 fully saturated rings. The van der Waals surface area contributed by atoms with Gasteiger partial charge in [-0.3, -0.25) is 10.1 Å². The monoisotopic (exact) mass is 306 g/mol. The van der Waals surface area contributed by atoms with Crippen LogP contribution in [0.25, 0.3) is 0 Å². The van der Waals surface area contributed by atoms with E-state index < -0.39 is 0 Å². The summed E-state index contributed by atoms with van der Waals surface area (Å²) in [6.45, 7) is 0. The van der Waals surface area contributed by atoms with E-state index in [9.17, 15) is 4.79 Å². The van der Waals surface area contributed by atoms with Gasteiger partial charge in [0.1, 0.15) is 5.15 Å². The van der Waals surface area contributed by atoms with Gasteiger partial charge in [-0.25, -0.2) is 4.98 Å². The molecule has 6 nitrogen and oxygen atoms in total. The van der Waals surface area contributed by atoms with Crippen molar-refractivity contribution >= 4 is 29.1 Å². The molecule has 0 unspecified atom stereocenters. The number of benzene rings is 1. The second-order valence-corrected chi connectivity index (χ2v) is 4.69. The van der Waals surface area contributed by atoms with Crippen LogP contribution in [0.1, 0.15) is 12.0 Å². The number of nitrogens with one attached hydrogen (secondary N) is 1. The van der Waals surface area contributed by atoms with Crippen molar-refractivity contribution in [2.75, 3.05) is 18.2 Å². The predicted octanol–water partition coefficient (Wildman–Crippen LogP) is 2.29. The first kappa shape index (κ1) is 15.1. The highest BCUT2D eigenvalue weighted by Crippen LogP contribution is 2.16. The summed E-state index contributed by atoms with van der Waals surface area (Å²) in [7, 11) is 1.46. The molecule has 0 aliphatic rings. The number of rotatable bonds is 5. The molecule has 21 heavy (non-hydrogen) atoms. The lowest BCUT2D eigenvalue weighted by atomic mass is 10.1. The fourth-order valence-corrected chi connectivity index (χ4v) is 1.93. The van der Waals surface area contributed by atoms with Gasteiger partial charge in [-0.05, 0) is 18.1 Å². The maximum Gasteiger partial charge on any atom is 0.234 e. The number of hydrogen-bond donors (Lipinski definition) is 2. The van der Waals surface area contributed by atoms with Crippen molar-refractivity contribution in [1.82, 2.24) is 9.97 Å². The molecule has 0 saturated heterocycles. The van der Waals surface area contributed by atoms with Crippen LogP contribution in [-0.4, -0.2) is 23.0 Å². The number of para-hydroxylation sites is 1. The smallest absolute Gasteiger partial charge is 0.234 e. The summed E-state index contributed by atoms with van der Waals surface area (Å²) < 4.78 is 4.96. The molecular weight excluding hydrogens is 292 g/mol. The van der Waals surface area contributed by atoms with Crippen molar-refractivity contribution in [3.63, 3.8) is 0 Å². The average molecular weight is 307 g/mol. The fourth-order valence-electron chi connectivity index (χ4n) is 1.75. The minimum absolute atomic E-state index is 0.116. The number of aryl methyl sites for hydroxylation is 1. The molecule has 1 amide bonds. The number of nitrogens with two attached hydrogens (primary N) is 1. The van der Waals surface area contributed by atoms with Gasteiger partial charge >= 0.3 is 0 Å². The molecule has 110 valence electrons. The first-order valence-corrected chi connectivity index (χ1v) is 6.68. The average Bonchev–Trinajstić information content (AvgIpc) is 2.45. The first-order valence-electron chi connectivity index (χ1n) is 6.30. The fraction of sp³-hybridized carbons (Fsp3) is 0.214. The molecule has 2 rings (SSSR count). The predicted molar refractivity (Wildman–Crippen MR) is 81.4 cm³/mol. The third-order valence-corrected chi connectivity index (χ3v) is 3.00. The summed E-state index contributed by atoms with van der Waals surface area (Å²) in [6, 6.07) is 8.89. The van der Waals surface area contributed by atoms with Gasteiger partial charge in [0.2, 0.25) is 17.7 Å². The standard InChI is InChI=1S/C14H15ClN4O2/c1-21-13-8-11(15)17-14(19-13)18-12(20)7-6-9-4-2-3-5-10(9)16/h2-5,8H,6-7,16H2,1H3,(H,17,18,19,20). The molecule has 2 aromatic rings. The molecule has 7 heteroatoms. The number of nitrogen functional groups attached to an aromatic ring is 1. The quantitative estimate of drug-likeness (QED) is 0.653. The van der Waals surface area contributed by atoms with Gasteiger partial charge in [0.25, 0.3) is 0 Å². The van der Waals surface area contributed by atoms with Crippen molar-refractivity contribution < 1.29 is 9.53 Å². The number of ether oxygens (including phenoxy) is 1. The maximum atomic E-state index is 11.9. The molecule has 1 heterocycles. The van der Waals surface area contributed by atoms with Gasteiger partial charge in [0.15, 0.2) is 0 Å². The van der Waals surface area contributed by atoms with Gasteiger partial charge in [0, 0.05) is 18.2 Å². The van der Waals surface area contributed by atoms with Gasteiger partial charge in [0.05, 0.1) is 7.11 Å². The summed E-state index contributed by atoms with van der Waals surface area (Å²) in [5, 5.41) is 2.78. The van der Waals surface area contributed by atoms with E-state index in [0.717, 1.165) is 5.56 Å². The summed E-state index contributed by atoms with van der Waals surface area (Å²) in [5.41, 5.74) is 7.43. The third-order valence-electron chi connectivity index (χ3n) is 2.81. The third kappa shape index (κ3) is 4.32. The topological polar surface area (TPSA) is 90.1 Å². The molecule has 0 saturated carbocycles. The maximum absolute atomic E-state index is 11.9. The van der Waals surface area contributed by atoms with Crippen LogP contribution in [0.5, 0.6) is 5.88 Å². The van der Waals surface area contributed by atoms with E-state index in [-0.39, 0.29) is 29.3 Å². The minimum atomic E-state index is -0.220. The molecule has 0 radical (unpaired) electrons.